The van der Waals surface area contributed by atoms with E-state index in [-0.39, 0.29) is 0 Å². The third kappa shape index (κ3) is 3.68. The number of carbonyl (C=O) groups excluding carboxylic acids is 1. The zero-order chi connectivity index (χ0) is 23.7. The molecule has 5 aromatic rings. The quantitative estimate of drug-likeness (QED) is 0.209. The van der Waals surface area contributed by atoms with Crippen LogP contribution >= 0.6 is 0 Å². The first kappa shape index (κ1) is 21.2. The standard InChI is InChI=1S/C31H25N3O/c35-21-30-27(18-19-28(33-30)23-16-17-23)29-20-34(22-32-29)31(24-10-4-1-5-11-24,25-12-6-2-7-13-25)26-14-8-3-9-15-26/h1-15,18-23H,16-17H2. The van der Waals surface area contributed by atoms with Crippen LogP contribution in [0.15, 0.2) is 116 Å². The predicted molar refractivity (Wildman–Crippen MR) is 137 cm³/mol. The normalized spacial score (nSPS) is 13.5. The van der Waals surface area contributed by atoms with Crippen LogP contribution in [0.2, 0.25) is 0 Å². The maximum atomic E-state index is 12.0. The molecular formula is C31H25N3O. The van der Waals surface area contributed by atoms with Gasteiger partial charge in [0, 0.05) is 23.4 Å². The summed E-state index contributed by atoms with van der Waals surface area (Å²) in [6.07, 6.45) is 7.04. The molecule has 2 heterocycles. The van der Waals surface area contributed by atoms with Crippen molar-refractivity contribution in [2.75, 3.05) is 0 Å². The molecule has 1 aliphatic rings. The van der Waals surface area contributed by atoms with E-state index in [1.807, 2.05) is 42.9 Å². The van der Waals surface area contributed by atoms with Gasteiger partial charge in [-0.15, -0.1) is 0 Å². The molecule has 0 bridgehead atoms. The molecule has 0 atom stereocenters. The molecule has 35 heavy (non-hydrogen) atoms. The summed E-state index contributed by atoms with van der Waals surface area (Å²) in [7, 11) is 0. The van der Waals surface area contributed by atoms with Gasteiger partial charge in [-0.2, -0.15) is 0 Å². The minimum absolute atomic E-state index is 0.449. The molecule has 0 unspecified atom stereocenters. The van der Waals surface area contributed by atoms with Crippen LogP contribution < -0.4 is 0 Å². The van der Waals surface area contributed by atoms with Crippen LogP contribution in [0.3, 0.4) is 0 Å². The van der Waals surface area contributed by atoms with E-state index in [2.05, 4.69) is 82.3 Å². The largest absolute Gasteiger partial charge is 0.318 e. The topological polar surface area (TPSA) is 47.8 Å². The second-order valence-electron chi connectivity index (χ2n) is 9.04. The SMILES string of the molecule is O=Cc1nc(C2CC2)ccc1-c1cn(C(c2ccccc2)(c2ccccc2)c2ccccc2)cn1. The maximum absolute atomic E-state index is 12.0. The van der Waals surface area contributed by atoms with Crippen LogP contribution in [0.5, 0.6) is 0 Å². The van der Waals surface area contributed by atoms with Crippen molar-refractivity contribution < 1.29 is 4.79 Å². The molecule has 4 nitrogen and oxygen atoms in total. The number of nitrogens with zero attached hydrogens (tertiary/aromatic N) is 3. The first-order chi connectivity index (χ1) is 17.3. The number of carbonyl (C=O) groups is 1. The summed E-state index contributed by atoms with van der Waals surface area (Å²) in [5, 5.41) is 0. The predicted octanol–water partition coefficient (Wildman–Crippen LogP) is 6.48. The molecule has 6 rings (SSSR count). The number of hydrogen-bond donors (Lipinski definition) is 0. The number of pyridine rings is 1. The summed E-state index contributed by atoms with van der Waals surface area (Å²) in [5.74, 6) is 0.488. The number of imidazole rings is 1. The van der Waals surface area contributed by atoms with Crippen LogP contribution in [0.4, 0.5) is 0 Å². The zero-order valence-electron chi connectivity index (χ0n) is 19.3. The number of aldehydes is 1. The molecule has 170 valence electrons. The number of hydrogen-bond acceptors (Lipinski definition) is 3. The Bertz CT molecular complexity index is 1360. The van der Waals surface area contributed by atoms with E-state index in [9.17, 15) is 4.79 Å². The first-order valence-corrected chi connectivity index (χ1v) is 12.0. The van der Waals surface area contributed by atoms with Crippen LogP contribution in [-0.4, -0.2) is 20.8 Å². The Morgan fingerprint density at radius 1 is 0.743 bits per heavy atom. The van der Waals surface area contributed by atoms with Crippen molar-refractivity contribution in [3.05, 3.63) is 144 Å². The lowest BCUT2D eigenvalue weighted by molar-refractivity contribution is 0.111. The lowest BCUT2D eigenvalue weighted by Crippen LogP contribution is -2.36. The molecule has 3 aromatic carbocycles. The van der Waals surface area contributed by atoms with E-state index in [1.165, 1.54) is 0 Å². The molecule has 0 spiro atoms. The summed E-state index contributed by atoms with van der Waals surface area (Å²) in [6, 6.07) is 35.5. The third-order valence-corrected chi connectivity index (χ3v) is 6.87. The van der Waals surface area contributed by atoms with Gasteiger partial charge in [0.25, 0.3) is 0 Å². The molecular weight excluding hydrogens is 430 g/mol. The van der Waals surface area contributed by atoms with E-state index in [0.29, 0.717) is 11.6 Å². The van der Waals surface area contributed by atoms with Gasteiger partial charge in [-0.05, 0) is 41.7 Å². The maximum Gasteiger partial charge on any atom is 0.169 e. The summed E-state index contributed by atoms with van der Waals surface area (Å²) >= 11 is 0. The van der Waals surface area contributed by atoms with Gasteiger partial charge < -0.3 is 4.57 Å². The van der Waals surface area contributed by atoms with Crippen LogP contribution in [0.1, 0.15) is 51.6 Å². The van der Waals surface area contributed by atoms with Gasteiger partial charge in [0.15, 0.2) is 6.29 Å². The second kappa shape index (κ2) is 8.80. The number of aromatic nitrogens is 3. The smallest absolute Gasteiger partial charge is 0.169 e. The lowest BCUT2D eigenvalue weighted by Gasteiger charge is -2.37. The van der Waals surface area contributed by atoms with Crippen LogP contribution in [0.25, 0.3) is 11.3 Å². The van der Waals surface area contributed by atoms with E-state index >= 15 is 0 Å². The fourth-order valence-corrected chi connectivity index (χ4v) is 5.03. The lowest BCUT2D eigenvalue weighted by atomic mass is 9.77. The molecule has 1 fully saturated rings. The summed E-state index contributed by atoms with van der Waals surface area (Å²) in [6.45, 7) is 0. The molecule has 0 N–H and O–H groups in total. The Hall–Kier alpha value is -4.31. The van der Waals surface area contributed by atoms with Crippen LogP contribution in [0, 0.1) is 0 Å². The minimum atomic E-state index is -0.641. The van der Waals surface area contributed by atoms with Gasteiger partial charge in [0.2, 0.25) is 0 Å². The Kier molecular flexibility index (Phi) is 5.34. The Balaban J connectivity index is 1.58. The van der Waals surface area contributed by atoms with E-state index in [4.69, 9.17) is 4.98 Å². The van der Waals surface area contributed by atoms with Gasteiger partial charge in [0.05, 0.1) is 12.0 Å². The Morgan fingerprint density at radius 3 is 1.77 bits per heavy atom. The van der Waals surface area contributed by atoms with E-state index in [1.54, 1.807) is 0 Å². The highest BCUT2D eigenvalue weighted by atomic mass is 16.1. The average molecular weight is 456 g/mol. The van der Waals surface area contributed by atoms with Gasteiger partial charge in [-0.1, -0.05) is 91.0 Å². The summed E-state index contributed by atoms with van der Waals surface area (Å²) in [5.41, 5.74) is 5.67. The van der Waals surface area contributed by atoms with Crippen molar-refractivity contribution >= 4 is 6.29 Å². The van der Waals surface area contributed by atoms with Crippen LogP contribution in [-0.2, 0) is 5.54 Å². The summed E-state index contributed by atoms with van der Waals surface area (Å²) in [4.78, 5) is 21.4. The van der Waals surface area contributed by atoms with E-state index < -0.39 is 5.54 Å². The summed E-state index contributed by atoms with van der Waals surface area (Å²) < 4.78 is 2.16. The van der Waals surface area contributed by atoms with Crippen molar-refractivity contribution in [1.29, 1.82) is 0 Å². The molecule has 4 heteroatoms. The Morgan fingerprint density at radius 2 is 1.29 bits per heavy atom. The third-order valence-electron chi connectivity index (χ3n) is 6.87. The molecule has 0 amide bonds. The van der Waals surface area contributed by atoms with Crippen molar-refractivity contribution in [3.63, 3.8) is 0 Å². The van der Waals surface area contributed by atoms with Gasteiger partial charge >= 0.3 is 0 Å². The van der Waals surface area contributed by atoms with Gasteiger partial charge in [-0.25, -0.2) is 9.97 Å². The van der Waals surface area contributed by atoms with Gasteiger partial charge in [-0.3, -0.25) is 4.79 Å². The molecule has 1 saturated carbocycles. The van der Waals surface area contributed by atoms with Crippen molar-refractivity contribution in [3.8, 4) is 11.3 Å². The highest BCUT2D eigenvalue weighted by molar-refractivity contribution is 5.84. The Labute approximate surface area is 204 Å². The molecule has 0 saturated heterocycles. The fourth-order valence-electron chi connectivity index (χ4n) is 5.03. The highest BCUT2D eigenvalue weighted by Gasteiger charge is 2.38. The van der Waals surface area contributed by atoms with E-state index in [0.717, 1.165) is 52.8 Å². The number of benzene rings is 3. The van der Waals surface area contributed by atoms with Gasteiger partial charge in [0.1, 0.15) is 11.2 Å². The molecule has 0 radical (unpaired) electrons. The molecule has 2 aromatic heterocycles. The van der Waals surface area contributed by atoms with Crippen molar-refractivity contribution in [2.24, 2.45) is 0 Å². The number of rotatable bonds is 7. The zero-order valence-corrected chi connectivity index (χ0v) is 19.3. The molecule has 1 aliphatic carbocycles. The van der Waals surface area contributed by atoms with Crippen molar-refractivity contribution in [1.82, 2.24) is 14.5 Å². The average Bonchev–Trinajstić information content (AvgIpc) is 3.68. The highest BCUT2D eigenvalue weighted by Crippen LogP contribution is 2.42. The van der Waals surface area contributed by atoms with Crippen molar-refractivity contribution in [2.45, 2.75) is 24.3 Å². The monoisotopic (exact) mass is 455 g/mol. The molecule has 0 aliphatic heterocycles. The second-order valence-corrected chi connectivity index (χ2v) is 9.04. The fraction of sp³-hybridized carbons (Fsp3) is 0.129. The first-order valence-electron chi connectivity index (χ1n) is 12.0. The minimum Gasteiger partial charge on any atom is -0.318 e.